The number of aliphatic hydroxyl groups is 1. The van der Waals surface area contributed by atoms with E-state index in [0.29, 0.717) is 12.2 Å². The molecule has 1 atom stereocenters. The SMILES string of the molecule is COc1ccc(C[C@@H](O)CCl)c(OC)c1. The van der Waals surface area contributed by atoms with Gasteiger partial charge in [0.1, 0.15) is 11.5 Å². The number of hydrogen-bond donors (Lipinski definition) is 1. The molecule has 0 saturated carbocycles. The Balaban J connectivity index is 2.87. The van der Waals surface area contributed by atoms with Gasteiger partial charge in [0, 0.05) is 18.4 Å². The van der Waals surface area contributed by atoms with Crippen LogP contribution in [-0.4, -0.2) is 31.3 Å². The van der Waals surface area contributed by atoms with Gasteiger partial charge in [-0.1, -0.05) is 6.07 Å². The summed E-state index contributed by atoms with van der Waals surface area (Å²) in [5.74, 6) is 1.66. The minimum absolute atomic E-state index is 0.217. The van der Waals surface area contributed by atoms with Crippen LogP contribution in [-0.2, 0) is 6.42 Å². The third kappa shape index (κ3) is 3.29. The Morgan fingerprint density at radius 1 is 1.33 bits per heavy atom. The van der Waals surface area contributed by atoms with Gasteiger partial charge in [0.05, 0.1) is 20.3 Å². The van der Waals surface area contributed by atoms with E-state index in [1.54, 1.807) is 20.3 Å². The standard InChI is InChI=1S/C11H15ClO3/c1-14-10-4-3-8(5-9(13)7-12)11(6-10)15-2/h3-4,6,9,13H,5,7H2,1-2H3/t9-/m1/s1. The first-order valence-electron chi connectivity index (χ1n) is 4.66. The van der Waals surface area contributed by atoms with E-state index in [1.165, 1.54) is 0 Å². The topological polar surface area (TPSA) is 38.7 Å². The normalized spacial score (nSPS) is 12.3. The van der Waals surface area contributed by atoms with Gasteiger partial charge in [-0.15, -0.1) is 11.6 Å². The smallest absolute Gasteiger partial charge is 0.125 e. The van der Waals surface area contributed by atoms with Crippen molar-refractivity contribution in [3.8, 4) is 11.5 Å². The third-order valence-electron chi connectivity index (χ3n) is 2.13. The summed E-state index contributed by atoms with van der Waals surface area (Å²) in [6, 6.07) is 5.49. The lowest BCUT2D eigenvalue weighted by Crippen LogP contribution is -2.12. The quantitative estimate of drug-likeness (QED) is 0.785. The van der Waals surface area contributed by atoms with Crippen LogP contribution in [0.25, 0.3) is 0 Å². The molecular formula is C11H15ClO3. The Kier molecular flexibility index (Phi) is 4.72. The predicted molar refractivity (Wildman–Crippen MR) is 60.0 cm³/mol. The molecule has 1 aromatic rings. The molecule has 0 aliphatic carbocycles. The lowest BCUT2D eigenvalue weighted by atomic mass is 10.1. The summed E-state index contributed by atoms with van der Waals surface area (Å²) in [5, 5.41) is 9.44. The number of rotatable bonds is 5. The second kappa shape index (κ2) is 5.83. The van der Waals surface area contributed by atoms with E-state index in [2.05, 4.69) is 0 Å². The number of hydrogen-bond acceptors (Lipinski definition) is 3. The molecule has 0 heterocycles. The van der Waals surface area contributed by atoms with Crippen LogP contribution in [0.15, 0.2) is 18.2 Å². The molecule has 1 aromatic carbocycles. The molecule has 1 rings (SSSR count). The summed E-state index contributed by atoms with van der Waals surface area (Å²) in [5.41, 5.74) is 0.923. The molecule has 4 heteroatoms. The highest BCUT2D eigenvalue weighted by atomic mass is 35.5. The Hall–Kier alpha value is -0.930. The molecule has 0 bridgehead atoms. The number of ether oxygens (including phenoxy) is 2. The Labute approximate surface area is 94.6 Å². The van der Waals surface area contributed by atoms with Gasteiger partial charge in [0.25, 0.3) is 0 Å². The van der Waals surface area contributed by atoms with Crippen LogP contribution in [0, 0.1) is 0 Å². The van der Waals surface area contributed by atoms with Crippen molar-refractivity contribution in [3.05, 3.63) is 23.8 Å². The first kappa shape index (κ1) is 12.1. The summed E-state index contributed by atoms with van der Waals surface area (Å²) < 4.78 is 10.3. The molecule has 0 aliphatic rings. The lowest BCUT2D eigenvalue weighted by molar-refractivity contribution is 0.197. The fraction of sp³-hybridized carbons (Fsp3) is 0.455. The van der Waals surface area contributed by atoms with Crippen LogP contribution >= 0.6 is 11.6 Å². The van der Waals surface area contributed by atoms with Crippen molar-refractivity contribution < 1.29 is 14.6 Å². The van der Waals surface area contributed by atoms with E-state index in [9.17, 15) is 5.11 Å². The van der Waals surface area contributed by atoms with Gasteiger partial charge in [-0.05, 0) is 11.6 Å². The summed E-state index contributed by atoms with van der Waals surface area (Å²) >= 11 is 5.54. The van der Waals surface area contributed by atoms with Crippen molar-refractivity contribution in [1.29, 1.82) is 0 Å². The van der Waals surface area contributed by atoms with Gasteiger partial charge in [0.2, 0.25) is 0 Å². The van der Waals surface area contributed by atoms with Crippen molar-refractivity contribution in [2.24, 2.45) is 0 Å². The maximum atomic E-state index is 9.44. The van der Waals surface area contributed by atoms with E-state index < -0.39 is 6.10 Å². The molecule has 0 spiro atoms. The zero-order valence-corrected chi connectivity index (χ0v) is 9.62. The lowest BCUT2D eigenvalue weighted by Gasteiger charge is -2.12. The van der Waals surface area contributed by atoms with E-state index in [0.717, 1.165) is 11.3 Å². The largest absolute Gasteiger partial charge is 0.497 e. The predicted octanol–water partition coefficient (Wildman–Crippen LogP) is 1.85. The minimum atomic E-state index is -0.547. The molecule has 1 N–H and O–H groups in total. The molecule has 0 amide bonds. The molecule has 0 radical (unpaired) electrons. The molecule has 0 aromatic heterocycles. The van der Waals surface area contributed by atoms with E-state index in [4.69, 9.17) is 21.1 Å². The van der Waals surface area contributed by atoms with Crippen molar-refractivity contribution in [2.45, 2.75) is 12.5 Å². The second-order valence-electron chi connectivity index (χ2n) is 3.19. The molecule has 84 valence electrons. The van der Waals surface area contributed by atoms with Crippen LogP contribution in [0.5, 0.6) is 11.5 Å². The highest BCUT2D eigenvalue weighted by Gasteiger charge is 2.09. The summed E-state index contributed by atoms with van der Waals surface area (Å²) in [4.78, 5) is 0. The molecular weight excluding hydrogens is 216 g/mol. The first-order valence-corrected chi connectivity index (χ1v) is 5.19. The molecule has 15 heavy (non-hydrogen) atoms. The zero-order chi connectivity index (χ0) is 11.3. The fourth-order valence-corrected chi connectivity index (χ4v) is 1.44. The zero-order valence-electron chi connectivity index (χ0n) is 8.87. The van der Waals surface area contributed by atoms with Gasteiger partial charge in [-0.25, -0.2) is 0 Å². The average Bonchev–Trinajstić information content (AvgIpc) is 2.29. The molecule has 0 fully saturated rings. The van der Waals surface area contributed by atoms with Gasteiger partial charge in [-0.3, -0.25) is 0 Å². The van der Waals surface area contributed by atoms with Crippen LogP contribution in [0.3, 0.4) is 0 Å². The van der Waals surface area contributed by atoms with Crippen LogP contribution in [0.4, 0.5) is 0 Å². The molecule has 0 aliphatic heterocycles. The number of aliphatic hydroxyl groups excluding tert-OH is 1. The summed E-state index contributed by atoms with van der Waals surface area (Å²) in [7, 11) is 3.19. The van der Waals surface area contributed by atoms with Crippen molar-refractivity contribution in [3.63, 3.8) is 0 Å². The van der Waals surface area contributed by atoms with Crippen LogP contribution in [0.2, 0.25) is 0 Å². The molecule has 0 unspecified atom stereocenters. The first-order chi connectivity index (χ1) is 7.21. The maximum Gasteiger partial charge on any atom is 0.125 e. The van der Waals surface area contributed by atoms with Crippen molar-refractivity contribution in [1.82, 2.24) is 0 Å². The van der Waals surface area contributed by atoms with Crippen LogP contribution in [0.1, 0.15) is 5.56 Å². The molecule has 0 saturated heterocycles. The van der Waals surface area contributed by atoms with Crippen LogP contribution < -0.4 is 9.47 Å². The van der Waals surface area contributed by atoms with Gasteiger partial charge in [-0.2, -0.15) is 0 Å². The second-order valence-corrected chi connectivity index (χ2v) is 3.50. The molecule has 3 nitrogen and oxygen atoms in total. The van der Waals surface area contributed by atoms with Crippen molar-refractivity contribution in [2.75, 3.05) is 20.1 Å². The van der Waals surface area contributed by atoms with E-state index in [-0.39, 0.29) is 5.88 Å². The Bertz CT molecular complexity index is 315. The monoisotopic (exact) mass is 230 g/mol. The number of benzene rings is 1. The van der Waals surface area contributed by atoms with E-state index in [1.807, 2.05) is 12.1 Å². The Morgan fingerprint density at radius 3 is 2.60 bits per heavy atom. The van der Waals surface area contributed by atoms with E-state index >= 15 is 0 Å². The number of methoxy groups -OCH3 is 2. The summed E-state index contributed by atoms with van der Waals surface area (Å²) in [6.07, 6.45) is -0.0645. The fourth-order valence-electron chi connectivity index (χ4n) is 1.33. The number of halogens is 1. The minimum Gasteiger partial charge on any atom is -0.497 e. The van der Waals surface area contributed by atoms with Crippen molar-refractivity contribution >= 4 is 11.6 Å². The highest BCUT2D eigenvalue weighted by molar-refractivity contribution is 6.18. The Morgan fingerprint density at radius 2 is 2.07 bits per heavy atom. The average molecular weight is 231 g/mol. The van der Waals surface area contributed by atoms with Gasteiger partial charge >= 0.3 is 0 Å². The van der Waals surface area contributed by atoms with Gasteiger partial charge < -0.3 is 14.6 Å². The summed E-state index contributed by atoms with van der Waals surface area (Å²) in [6.45, 7) is 0. The maximum absolute atomic E-state index is 9.44. The highest BCUT2D eigenvalue weighted by Crippen LogP contribution is 2.25. The third-order valence-corrected chi connectivity index (χ3v) is 2.48. The number of alkyl halides is 1. The van der Waals surface area contributed by atoms with Gasteiger partial charge in [0.15, 0.2) is 0 Å².